The van der Waals surface area contributed by atoms with Gasteiger partial charge in [-0.2, -0.15) is 0 Å². The van der Waals surface area contributed by atoms with E-state index in [0.29, 0.717) is 18.5 Å². The van der Waals surface area contributed by atoms with E-state index in [2.05, 4.69) is 5.32 Å². The van der Waals surface area contributed by atoms with Crippen molar-refractivity contribution in [1.82, 2.24) is 5.32 Å². The van der Waals surface area contributed by atoms with Gasteiger partial charge in [0.25, 0.3) is 5.69 Å². The fraction of sp³-hybridized carbons (Fsp3) is 0.455. The van der Waals surface area contributed by atoms with Gasteiger partial charge in [0.15, 0.2) is 0 Å². The van der Waals surface area contributed by atoms with Gasteiger partial charge >= 0.3 is 0 Å². The first-order valence-corrected chi connectivity index (χ1v) is 5.37. The molecule has 0 radical (unpaired) electrons. The lowest BCUT2D eigenvalue weighted by Gasteiger charge is -2.08. The summed E-state index contributed by atoms with van der Waals surface area (Å²) in [7, 11) is 0. The average molecular weight is 240 g/mol. The number of para-hydroxylation sites is 1. The molecule has 0 saturated heterocycles. The second-order valence-corrected chi connectivity index (χ2v) is 3.68. The largest absolute Gasteiger partial charge is 0.394 e. The van der Waals surface area contributed by atoms with Crippen LogP contribution in [0.5, 0.6) is 0 Å². The minimum absolute atomic E-state index is 0.108. The van der Waals surface area contributed by atoms with Gasteiger partial charge in [0.1, 0.15) is 0 Å². The Morgan fingerprint density at radius 2 is 2.12 bits per heavy atom. The maximum atomic E-state index is 10.7. The maximum absolute atomic E-state index is 10.7. The molecule has 6 nitrogen and oxygen atoms in total. The van der Waals surface area contributed by atoms with Crippen LogP contribution in [0.15, 0.2) is 24.3 Å². The lowest BCUT2D eigenvalue weighted by Crippen LogP contribution is -2.30. The summed E-state index contributed by atoms with van der Waals surface area (Å²) < 4.78 is 0. The lowest BCUT2D eigenvalue weighted by atomic mass is 10.1. The number of hydrogen-bond acceptors (Lipinski definition) is 5. The van der Waals surface area contributed by atoms with Gasteiger partial charge in [-0.3, -0.25) is 10.1 Å². The number of rotatable bonds is 7. The summed E-state index contributed by atoms with van der Waals surface area (Å²) in [5.74, 6) is 0. The van der Waals surface area contributed by atoms with Crippen LogP contribution in [-0.2, 0) is 6.42 Å². The van der Waals surface area contributed by atoms with Crippen LogP contribution < -0.4 is 5.32 Å². The third kappa shape index (κ3) is 4.48. The Morgan fingerprint density at radius 3 is 2.76 bits per heavy atom. The smallest absolute Gasteiger partial charge is 0.272 e. The highest BCUT2D eigenvalue weighted by Gasteiger charge is 2.11. The number of nitro groups is 1. The molecule has 94 valence electrons. The maximum Gasteiger partial charge on any atom is 0.272 e. The highest BCUT2D eigenvalue weighted by Crippen LogP contribution is 2.17. The van der Waals surface area contributed by atoms with Crippen LogP contribution in [0.4, 0.5) is 5.69 Å². The van der Waals surface area contributed by atoms with Crippen LogP contribution >= 0.6 is 0 Å². The van der Waals surface area contributed by atoms with Gasteiger partial charge in [-0.25, -0.2) is 0 Å². The highest BCUT2D eigenvalue weighted by atomic mass is 16.6. The number of nitrogens with one attached hydrogen (secondary N) is 1. The van der Waals surface area contributed by atoms with Gasteiger partial charge in [-0.05, 0) is 13.0 Å². The van der Waals surface area contributed by atoms with Crippen LogP contribution in [0.25, 0.3) is 0 Å². The minimum Gasteiger partial charge on any atom is -0.394 e. The molecule has 0 aliphatic rings. The first-order chi connectivity index (χ1) is 8.15. The number of benzene rings is 1. The van der Waals surface area contributed by atoms with Gasteiger partial charge in [0.2, 0.25) is 0 Å². The molecule has 0 amide bonds. The van der Waals surface area contributed by atoms with Gasteiger partial charge < -0.3 is 15.5 Å². The molecular weight excluding hydrogens is 224 g/mol. The van der Waals surface area contributed by atoms with Gasteiger partial charge in [0.05, 0.1) is 17.6 Å². The van der Waals surface area contributed by atoms with E-state index in [0.717, 1.165) is 0 Å². The Bertz CT molecular complexity index is 370. The summed E-state index contributed by atoms with van der Waals surface area (Å²) in [5, 5.41) is 31.3. The van der Waals surface area contributed by atoms with Gasteiger partial charge in [0, 0.05) is 18.2 Å². The van der Waals surface area contributed by atoms with E-state index < -0.39 is 11.0 Å². The van der Waals surface area contributed by atoms with Crippen molar-refractivity contribution in [3.63, 3.8) is 0 Å². The quantitative estimate of drug-likeness (QED) is 0.356. The highest BCUT2D eigenvalue weighted by molar-refractivity contribution is 5.39. The van der Waals surface area contributed by atoms with Crippen LogP contribution in [-0.4, -0.2) is 40.9 Å². The Balaban J connectivity index is 2.44. The molecule has 1 unspecified atom stereocenters. The lowest BCUT2D eigenvalue weighted by molar-refractivity contribution is -0.385. The second-order valence-electron chi connectivity index (χ2n) is 3.68. The van der Waals surface area contributed by atoms with Crippen LogP contribution in [0.3, 0.4) is 0 Å². The van der Waals surface area contributed by atoms with E-state index in [9.17, 15) is 10.1 Å². The number of nitrogens with zero attached hydrogens (tertiary/aromatic N) is 1. The van der Waals surface area contributed by atoms with Crippen molar-refractivity contribution in [3.8, 4) is 0 Å². The predicted octanol–water partition coefficient (Wildman–Crippen LogP) is 0.0801. The van der Waals surface area contributed by atoms with E-state index in [1.165, 1.54) is 6.07 Å². The Hall–Kier alpha value is -1.50. The van der Waals surface area contributed by atoms with Crippen molar-refractivity contribution in [2.24, 2.45) is 0 Å². The Morgan fingerprint density at radius 1 is 1.41 bits per heavy atom. The van der Waals surface area contributed by atoms with Crippen molar-refractivity contribution in [3.05, 3.63) is 39.9 Å². The molecule has 1 rings (SSSR count). The molecule has 6 heteroatoms. The molecular formula is C11H16N2O4. The Kier molecular flexibility index (Phi) is 5.55. The molecule has 1 atom stereocenters. The molecule has 0 aliphatic carbocycles. The molecule has 0 saturated carbocycles. The zero-order valence-electron chi connectivity index (χ0n) is 9.37. The Labute approximate surface area is 99.0 Å². The molecule has 0 heterocycles. The summed E-state index contributed by atoms with van der Waals surface area (Å²) >= 11 is 0. The third-order valence-corrected chi connectivity index (χ3v) is 2.35. The SMILES string of the molecule is O=[N+]([O-])c1ccccc1CCNCC(O)CO. The summed E-state index contributed by atoms with van der Waals surface area (Å²) in [4.78, 5) is 10.3. The summed E-state index contributed by atoms with van der Waals surface area (Å²) in [5.41, 5.74) is 0.764. The van der Waals surface area contributed by atoms with E-state index in [1.807, 2.05) is 0 Å². The van der Waals surface area contributed by atoms with Crippen molar-refractivity contribution in [1.29, 1.82) is 0 Å². The summed E-state index contributed by atoms with van der Waals surface area (Å²) in [6.45, 7) is 0.498. The van der Waals surface area contributed by atoms with E-state index in [-0.39, 0.29) is 18.8 Å². The van der Waals surface area contributed by atoms with E-state index in [4.69, 9.17) is 10.2 Å². The normalized spacial score (nSPS) is 12.4. The van der Waals surface area contributed by atoms with Crippen molar-refractivity contribution in [2.75, 3.05) is 19.7 Å². The van der Waals surface area contributed by atoms with Gasteiger partial charge in [-0.15, -0.1) is 0 Å². The van der Waals surface area contributed by atoms with E-state index >= 15 is 0 Å². The topological polar surface area (TPSA) is 95.6 Å². The van der Waals surface area contributed by atoms with Crippen molar-refractivity contribution < 1.29 is 15.1 Å². The average Bonchev–Trinajstić information content (AvgIpc) is 2.34. The molecule has 0 aliphatic heterocycles. The predicted molar refractivity (Wildman–Crippen MR) is 62.8 cm³/mol. The summed E-state index contributed by atoms with van der Waals surface area (Å²) in [6, 6.07) is 6.57. The zero-order chi connectivity index (χ0) is 12.7. The molecule has 1 aromatic carbocycles. The van der Waals surface area contributed by atoms with Gasteiger partial charge in [-0.1, -0.05) is 18.2 Å². The monoisotopic (exact) mass is 240 g/mol. The minimum atomic E-state index is -0.791. The third-order valence-electron chi connectivity index (χ3n) is 2.35. The van der Waals surface area contributed by atoms with Crippen LogP contribution in [0.2, 0.25) is 0 Å². The first kappa shape index (κ1) is 13.6. The van der Waals surface area contributed by atoms with Crippen molar-refractivity contribution >= 4 is 5.69 Å². The molecule has 0 bridgehead atoms. The molecule has 0 aromatic heterocycles. The van der Waals surface area contributed by atoms with E-state index in [1.54, 1.807) is 18.2 Å². The van der Waals surface area contributed by atoms with Crippen LogP contribution in [0, 0.1) is 10.1 Å². The zero-order valence-corrected chi connectivity index (χ0v) is 9.37. The number of aliphatic hydroxyl groups excluding tert-OH is 2. The number of aliphatic hydroxyl groups is 2. The fourth-order valence-electron chi connectivity index (χ4n) is 1.46. The molecule has 0 spiro atoms. The number of hydrogen-bond donors (Lipinski definition) is 3. The molecule has 3 N–H and O–H groups in total. The van der Waals surface area contributed by atoms with Crippen molar-refractivity contribution in [2.45, 2.75) is 12.5 Å². The van der Waals surface area contributed by atoms with Crippen LogP contribution in [0.1, 0.15) is 5.56 Å². The standard InChI is InChI=1S/C11H16N2O4/c14-8-10(15)7-12-6-5-9-3-1-2-4-11(9)13(16)17/h1-4,10,12,14-15H,5-8H2. The molecule has 1 aromatic rings. The fourth-order valence-corrected chi connectivity index (χ4v) is 1.46. The molecule has 0 fully saturated rings. The molecule has 17 heavy (non-hydrogen) atoms. The number of nitro benzene ring substituents is 1. The first-order valence-electron chi connectivity index (χ1n) is 5.37. The summed E-state index contributed by atoms with van der Waals surface area (Å²) in [6.07, 6.45) is -0.282. The second kappa shape index (κ2) is 6.95.